The molecule has 1 aliphatic rings. The van der Waals surface area contributed by atoms with E-state index in [4.69, 9.17) is 15.0 Å². The maximum atomic E-state index is 5.84. The van der Waals surface area contributed by atoms with E-state index in [1.807, 2.05) is 11.8 Å². The van der Waals surface area contributed by atoms with Gasteiger partial charge in [-0.2, -0.15) is 4.98 Å². The van der Waals surface area contributed by atoms with Crippen molar-refractivity contribution in [3.63, 3.8) is 0 Å². The van der Waals surface area contributed by atoms with Crippen molar-refractivity contribution in [1.29, 1.82) is 0 Å². The van der Waals surface area contributed by atoms with Crippen molar-refractivity contribution in [3.05, 3.63) is 11.7 Å². The van der Waals surface area contributed by atoms with E-state index >= 15 is 0 Å². The second-order valence-corrected chi connectivity index (χ2v) is 5.80. The van der Waals surface area contributed by atoms with Gasteiger partial charge < -0.3 is 15.0 Å². The van der Waals surface area contributed by atoms with Crippen molar-refractivity contribution < 1.29 is 9.26 Å². The molecular formula is C10H17N3O2S. The van der Waals surface area contributed by atoms with Crippen LogP contribution in [0.1, 0.15) is 37.5 Å². The number of nitrogens with two attached hydrogens (primary N) is 1. The van der Waals surface area contributed by atoms with Crippen LogP contribution in [0.4, 0.5) is 0 Å². The lowest BCUT2D eigenvalue weighted by molar-refractivity contribution is 0.177. The van der Waals surface area contributed by atoms with Crippen LogP contribution in [0.3, 0.4) is 0 Å². The summed E-state index contributed by atoms with van der Waals surface area (Å²) in [7, 11) is 1.61. The van der Waals surface area contributed by atoms with Crippen LogP contribution < -0.4 is 5.73 Å². The first-order valence-corrected chi connectivity index (χ1v) is 6.37. The van der Waals surface area contributed by atoms with Gasteiger partial charge in [0.15, 0.2) is 5.82 Å². The molecule has 2 heterocycles. The van der Waals surface area contributed by atoms with E-state index in [2.05, 4.69) is 17.1 Å². The van der Waals surface area contributed by atoms with E-state index in [1.165, 1.54) is 6.42 Å². The van der Waals surface area contributed by atoms with Crippen molar-refractivity contribution >= 4 is 11.8 Å². The van der Waals surface area contributed by atoms with Crippen molar-refractivity contribution in [2.45, 2.75) is 30.6 Å². The molecule has 2 unspecified atom stereocenters. The van der Waals surface area contributed by atoms with Crippen LogP contribution in [-0.4, -0.2) is 29.6 Å². The van der Waals surface area contributed by atoms with Gasteiger partial charge in [0.25, 0.3) is 0 Å². The third-order valence-corrected chi connectivity index (χ3v) is 4.30. The van der Waals surface area contributed by atoms with Gasteiger partial charge in [0.1, 0.15) is 0 Å². The van der Waals surface area contributed by atoms with Crippen molar-refractivity contribution in [2.75, 3.05) is 19.5 Å². The normalized spacial score (nSPS) is 27.2. The Morgan fingerprint density at radius 2 is 2.50 bits per heavy atom. The first-order chi connectivity index (χ1) is 7.65. The van der Waals surface area contributed by atoms with E-state index in [9.17, 15) is 0 Å². The number of hydrogen-bond donors (Lipinski definition) is 1. The molecule has 0 radical (unpaired) electrons. The highest BCUT2D eigenvalue weighted by Gasteiger charge is 2.37. The monoisotopic (exact) mass is 243 g/mol. The molecule has 90 valence electrons. The fourth-order valence-electron chi connectivity index (χ4n) is 1.80. The highest BCUT2D eigenvalue weighted by molar-refractivity contribution is 8.00. The average Bonchev–Trinajstić information content (AvgIpc) is 2.86. The van der Waals surface area contributed by atoms with E-state index in [0.29, 0.717) is 18.3 Å². The summed E-state index contributed by atoms with van der Waals surface area (Å²) in [5, 5.41) is 3.92. The molecule has 1 fully saturated rings. The van der Waals surface area contributed by atoms with Gasteiger partial charge in [-0.1, -0.05) is 5.16 Å². The molecule has 1 aromatic heterocycles. The molecule has 2 N–H and O–H groups in total. The number of rotatable bonds is 4. The maximum Gasteiger partial charge on any atom is 0.242 e. The van der Waals surface area contributed by atoms with Gasteiger partial charge >= 0.3 is 0 Å². The minimum absolute atomic E-state index is 0.0297. The average molecular weight is 243 g/mol. The van der Waals surface area contributed by atoms with Crippen LogP contribution >= 0.6 is 11.8 Å². The van der Waals surface area contributed by atoms with E-state index in [0.717, 1.165) is 12.2 Å². The van der Waals surface area contributed by atoms with Crippen LogP contribution in [0.15, 0.2) is 4.52 Å². The molecule has 2 rings (SSSR count). The first kappa shape index (κ1) is 11.9. The molecule has 0 spiro atoms. The smallest absolute Gasteiger partial charge is 0.242 e. The molecule has 0 saturated carbocycles. The van der Waals surface area contributed by atoms with E-state index in [-0.39, 0.29) is 10.8 Å². The van der Waals surface area contributed by atoms with Gasteiger partial charge in [0.2, 0.25) is 5.89 Å². The molecule has 0 aromatic carbocycles. The van der Waals surface area contributed by atoms with Crippen molar-refractivity contribution in [1.82, 2.24) is 10.1 Å². The maximum absolute atomic E-state index is 5.84. The Bertz CT molecular complexity index is 350. The van der Waals surface area contributed by atoms with Crippen molar-refractivity contribution in [3.8, 4) is 0 Å². The molecule has 5 nitrogen and oxygen atoms in total. The number of methoxy groups -OCH3 is 1. The van der Waals surface area contributed by atoms with Gasteiger partial charge in [-0.15, -0.1) is 11.8 Å². The molecule has 0 aliphatic carbocycles. The van der Waals surface area contributed by atoms with E-state index in [1.54, 1.807) is 7.11 Å². The topological polar surface area (TPSA) is 74.2 Å². The summed E-state index contributed by atoms with van der Waals surface area (Å²) in [6.07, 6.45) is 2.28. The minimum Gasteiger partial charge on any atom is -0.383 e. The summed E-state index contributed by atoms with van der Waals surface area (Å²) in [5.74, 6) is 2.38. The number of hydrogen-bond acceptors (Lipinski definition) is 6. The predicted octanol–water partition coefficient (Wildman–Crippen LogP) is 1.46. The van der Waals surface area contributed by atoms with Gasteiger partial charge in [0, 0.05) is 7.11 Å². The third kappa shape index (κ3) is 2.23. The number of ether oxygens (including phenoxy) is 1. The zero-order chi connectivity index (χ0) is 11.6. The van der Waals surface area contributed by atoms with E-state index < -0.39 is 0 Å². The Kier molecular flexibility index (Phi) is 3.51. The highest BCUT2D eigenvalue weighted by Crippen LogP contribution is 2.45. The summed E-state index contributed by atoms with van der Waals surface area (Å²) in [4.78, 5) is 4.38. The van der Waals surface area contributed by atoms with Crippen LogP contribution in [0.5, 0.6) is 0 Å². The largest absolute Gasteiger partial charge is 0.383 e. The molecule has 16 heavy (non-hydrogen) atoms. The number of thioether (sulfide) groups is 1. The highest BCUT2D eigenvalue weighted by atomic mass is 32.2. The quantitative estimate of drug-likeness (QED) is 0.863. The van der Waals surface area contributed by atoms with Gasteiger partial charge in [0.05, 0.1) is 17.4 Å². The summed E-state index contributed by atoms with van der Waals surface area (Å²) < 4.78 is 10.2. The molecule has 0 bridgehead atoms. The van der Waals surface area contributed by atoms with Crippen LogP contribution in [0, 0.1) is 0 Å². The Morgan fingerprint density at radius 3 is 3.12 bits per heavy atom. The zero-order valence-electron chi connectivity index (χ0n) is 9.60. The molecule has 1 saturated heterocycles. The second-order valence-electron chi connectivity index (χ2n) is 4.20. The number of nitrogens with zero attached hydrogens (tertiary/aromatic N) is 2. The Hall–Kier alpha value is -0.590. The van der Waals surface area contributed by atoms with Crippen LogP contribution in [0.2, 0.25) is 0 Å². The standard InChI is InChI=1S/C10H17N3O2S/c1-10(4-3-5-16-10)9-12-8(13-15-9)7(11)6-14-2/h7H,3-6,11H2,1-2H3. The summed E-state index contributed by atoms with van der Waals surface area (Å²) in [5.41, 5.74) is 5.84. The summed E-state index contributed by atoms with van der Waals surface area (Å²) >= 11 is 1.87. The Balaban J connectivity index is 2.12. The molecule has 1 aromatic rings. The fourth-order valence-corrected chi connectivity index (χ4v) is 3.04. The molecule has 6 heteroatoms. The zero-order valence-corrected chi connectivity index (χ0v) is 10.4. The van der Waals surface area contributed by atoms with Gasteiger partial charge in [-0.25, -0.2) is 0 Å². The van der Waals surface area contributed by atoms with Crippen molar-refractivity contribution in [2.24, 2.45) is 5.73 Å². The second kappa shape index (κ2) is 4.73. The lowest BCUT2D eigenvalue weighted by Gasteiger charge is -2.16. The molecule has 0 amide bonds. The fraction of sp³-hybridized carbons (Fsp3) is 0.800. The summed E-state index contributed by atoms with van der Waals surface area (Å²) in [6.45, 7) is 2.55. The summed E-state index contributed by atoms with van der Waals surface area (Å²) in [6, 6.07) is -0.308. The van der Waals surface area contributed by atoms with Crippen LogP contribution in [-0.2, 0) is 9.48 Å². The lowest BCUT2D eigenvalue weighted by Crippen LogP contribution is -2.18. The number of aromatic nitrogens is 2. The minimum atomic E-state index is -0.308. The van der Waals surface area contributed by atoms with Gasteiger partial charge in [-0.05, 0) is 25.5 Å². The Labute approximate surface area is 99.1 Å². The van der Waals surface area contributed by atoms with Gasteiger partial charge in [-0.3, -0.25) is 0 Å². The molecular weight excluding hydrogens is 226 g/mol. The predicted molar refractivity (Wildman–Crippen MR) is 62.1 cm³/mol. The molecule has 2 atom stereocenters. The third-order valence-electron chi connectivity index (χ3n) is 2.79. The van der Waals surface area contributed by atoms with Crippen LogP contribution in [0.25, 0.3) is 0 Å². The lowest BCUT2D eigenvalue weighted by atomic mass is 10.1. The molecule has 1 aliphatic heterocycles. The SMILES string of the molecule is COCC(N)c1noc(C2(C)CCCS2)n1. The Morgan fingerprint density at radius 1 is 1.69 bits per heavy atom. The first-order valence-electron chi connectivity index (χ1n) is 5.38.